The van der Waals surface area contributed by atoms with E-state index < -0.39 is 0 Å². The van der Waals surface area contributed by atoms with Crippen molar-refractivity contribution in [2.75, 3.05) is 32.7 Å². The Labute approximate surface area is 153 Å². The summed E-state index contributed by atoms with van der Waals surface area (Å²) in [5.74, 6) is 1.01. The normalized spacial score (nSPS) is 28.8. The van der Waals surface area contributed by atoms with Crippen molar-refractivity contribution in [2.24, 2.45) is 11.3 Å². The van der Waals surface area contributed by atoms with Crippen molar-refractivity contribution in [3.05, 3.63) is 17.0 Å². The fraction of sp³-hybridized carbons (Fsp3) is 0.857. The Morgan fingerprint density at radius 3 is 2.52 bits per heavy atom. The molecule has 1 aromatic heterocycles. The third kappa shape index (κ3) is 3.52. The van der Waals surface area contributed by atoms with Crippen LogP contribution in [0.3, 0.4) is 0 Å². The van der Waals surface area contributed by atoms with Gasteiger partial charge in [0.1, 0.15) is 0 Å². The SMILES string of the molecule is CCn1nc(C)c(CN2CC[C@@]3(CCCN(CC4CCC4)C3)C2)c1C. The van der Waals surface area contributed by atoms with Crippen molar-refractivity contribution in [2.45, 2.75) is 72.4 Å². The maximum atomic E-state index is 4.72. The number of nitrogens with zero attached hydrogens (tertiary/aromatic N) is 4. The molecule has 3 aliphatic rings. The van der Waals surface area contributed by atoms with Crippen molar-refractivity contribution < 1.29 is 0 Å². The van der Waals surface area contributed by atoms with Crippen LogP contribution in [0.5, 0.6) is 0 Å². The molecule has 0 radical (unpaired) electrons. The van der Waals surface area contributed by atoms with Gasteiger partial charge < -0.3 is 4.90 Å². The zero-order chi connectivity index (χ0) is 17.4. The Hall–Kier alpha value is -0.870. The average Bonchev–Trinajstić information content (AvgIpc) is 3.07. The van der Waals surface area contributed by atoms with Crippen LogP contribution in [0.1, 0.15) is 62.4 Å². The highest BCUT2D eigenvalue weighted by molar-refractivity contribution is 5.24. The van der Waals surface area contributed by atoms with Gasteiger partial charge in [-0.15, -0.1) is 0 Å². The minimum absolute atomic E-state index is 0.574. The summed E-state index contributed by atoms with van der Waals surface area (Å²) in [6.07, 6.45) is 8.68. The molecular weight excluding hydrogens is 308 g/mol. The fourth-order valence-electron chi connectivity index (χ4n) is 5.50. The first-order chi connectivity index (χ1) is 12.1. The van der Waals surface area contributed by atoms with Gasteiger partial charge in [-0.05, 0) is 77.3 Å². The number of aryl methyl sites for hydroxylation is 2. The second-order valence-corrected chi connectivity index (χ2v) is 9.06. The van der Waals surface area contributed by atoms with Gasteiger partial charge in [0.2, 0.25) is 0 Å². The highest BCUT2D eigenvalue weighted by atomic mass is 15.3. The van der Waals surface area contributed by atoms with E-state index in [2.05, 4.69) is 35.3 Å². The van der Waals surface area contributed by atoms with Crippen LogP contribution >= 0.6 is 0 Å². The van der Waals surface area contributed by atoms with Crippen molar-refractivity contribution in [3.63, 3.8) is 0 Å². The molecule has 1 saturated carbocycles. The molecule has 0 amide bonds. The van der Waals surface area contributed by atoms with E-state index in [0.717, 1.165) is 19.0 Å². The quantitative estimate of drug-likeness (QED) is 0.815. The van der Waals surface area contributed by atoms with Crippen LogP contribution in [0.4, 0.5) is 0 Å². The first-order valence-electron chi connectivity index (χ1n) is 10.6. The molecule has 1 spiro atoms. The van der Waals surface area contributed by atoms with Crippen LogP contribution in [0.25, 0.3) is 0 Å². The van der Waals surface area contributed by atoms with Crippen molar-refractivity contribution in [1.82, 2.24) is 19.6 Å². The molecule has 4 nitrogen and oxygen atoms in total. The summed E-state index contributed by atoms with van der Waals surface area (Å²) in [6.45, 7) is 15.3. The zero-order valence-corrected chi connectivity index (χ0v) is 16.6. The minimum Gasteiger partial charge on any atom is -0.302 e. The Morgan fingerprint density at radius 1 is 1.04 bits per heavy atom. The predicted octanol–water partition coefficient (Wildman–Crippen LogP) is 3.61. The van der Waals surface area contributed by atoms with Gasteiger partial charge in [0.25, 0.3) is 0 Å². The number of aromatic nitrogens is 2. The van der Waals surface area contributed by atoms with Gasteiger partial charge in [0.15, 0.2) is 0 Å². The number of piperidine rings is 1. The van der Waals surface area contributed by atoms with Gasteiger partial charge in [-0.25, -0.2) is 0 Å². The molecule has 3 fully saturated rings. The fourth-order valence-corrected chi connectivity index (χ4v) is 5.50. The smallest absolute Gasteiger partial charge is 0.0641 e. The molecule has 2 aliphatic heterocycles. The van der Waals surface area contributed by atoms with Crippen LogP contribution in [-0.2, 0) is 13.1 Å². The third-order valence-corrected chi connectivity index (χ3v) is 7.21. The van der Waals surface area contributed by atoms with Gasteiger partial charge in [-0.1, -0.05) is 6.42 Å². The van der Waals surface area contributed by atoms with E-state index in [4.69, 9.17) is 5.10 Å². The highest BCUT2D eigenvalue weighted by Gasteiger charge is 2.41. The van der Waals surface area contributed by atoms with E-state index in [9.17, 15) is 0 Å². The number of likely N-dealkylation sites (tertiary alicyclic amines) is 2. The Bertz CT molecular complexity index is 603. The molecule has 25 heavy (non-hydrogen) atoms. The van der Waals surface area contributed by atoms with Gasteiger partial charge in [0.05, 0.1) is 5.69 Å². The number of rotatable bonds is 5. The summed E-state index contributed by atoms with van der Waals surface area (Å²) >= 11 is 0. The minimum atomic E-state index is 0.574. The average molecular weight is 345 g/mol. The molecule has 0 unspecified atom stereocenters. The molecule has 0 N–H and O–H groups in total. The largest absolute Gasteiger partial charge is 0.302 e. The van der Waals surface area contributed by atoms with Gasteiger partial charge in [-0.3, -0.25) is 9.58 Å². The van der Waals surface area contributed by atoms with Crippen LogP contribution in [0.2, 0.25) is 0 Å². The molecule has 0 bridgehead atoms. The number of hydrogen-bond acceptors (Lipinski definition) is 3. The second kappa shape index (κ2) is 7.03. The third-order valence-electron chi connectivity index (χ3n) is 7.21. The molecule has 1 aliphatic carbocycles. The summed E-state index contributed by atoms with van der Waals surface area (Å²) in [5.41, 5.74) is 4.65. The maximum Gasteiger partial charge on any atom is 0.0641 e. The molecule has 3 heterocycles. The van der Waals surface area contributed by atoms with Gasteiger partial charge in [0, 0.05) is 44.0 Å². The van der Waals surface area contributed by atoms with E-state index in [-0.39, 0.29) is 0 Å². The van der Waals surface area contributed by atoms with Gasteiger partial charge in [-0.2, -0.15) is 5.10 Å². The summed E-state index contributed by atoms with van der Waals surface area (Å²) in [7, 11) is 0. The first-order valence-corrected chi connectivity index (χ1v) is 10.6. The topological polar surface area (TPSA) is 24.3 Å². The molecule has 4 heteroatoms. The monoisotopic (exact) mass is 344 g/mol. The lowest BCUT2D eigenvalue weighted by Crippen LogP contribution is -2.47. The maximum absolute atomic E-state index is 4.72. The summed E-state index contributed by atoms with van der Waals surface area (Å²) < 4.78 is 2.16. The van der Waals surface area contributed by atoms with Crippen LogP contribution < -0.4 is 0 Å². The summed E-state index contributed by atoms with van der Waals surface area (Å²) in [6, 6.07) is 0. The Kier molecular flexibility index (Phi) is 4.93. The Morgan fingerprint density at radius 2 is 1.84 bits per heavy atom. The van der Waals surface area contributed by atoms with Crippen LogP contribution in [0, 0.1) is 25.2 Å². The molecule has 140 valence electrons. The lowest BCUT2D eigenvalue weighted by atomic mass is 9.78. The second-order valence-electron chi connectivity index (χ2n) is 9.06. The zero-order valence-electron chi connectivity index (χ0n) is 16.6. The molecule has 2 saturated heterocycles. The summed E-state index contributed by atoms with van der Waals surface area (Å²) in [5, 5.41) is 4.72. The van der Waals surface area contributed by atoms with Crippen molar-refractivity contribution in [1.29, 1.82) is 0 Å². The lowest BCUT2D eigenvalue weighted by molar-refractivity contribution is 0.0668. The van der Waals surface area contributed by atoms with Crippen molar-refractivity contribution >= 4 is 0 Å². The van der Waals surface area contributed by atoms with Gasteiger partial charge >= 0.3 is 0 Å². The lowest BCUT2D eigenvalue weighted by Gasteiger charge is -2.43. The standard InChI is InChI=1S/C21H36N4/c1-4-25-18(3)20(17(2)22-25)14-24-12-10-21(16-24)9-6-11-23(15-21)13-19-7-5-8-19/h19H,4-16H2,1-3H3/t21-/m1/s1. The molecule has 1 aromatic rings. The predicted molar refractivity (Wildman–Crippen MR) is 103 cm³/mol. The highest BCUT2D eigenvalue weighted by Crippen LogP contribution is 2.40. The summed E-state index contributed by atoms with van der Waals surface area (Å²) in [4.78, 5) is 5.52. The number of hydrogen-bond donors (Lipinski definition) is 0. The molecule has 0 aromatic carbocycles. The van der Waals surface area contributed by atoms with E-state index in [1.165, 1.54) is 88.2 Å². The van der Waals surface area contributed by atoms with E-state index in [0.29, 0.717) is 5.41 Å². The molecule has 4 rings (SSSR count). The van der Waals surface area contributed by atoms with E-state index in [1.807, 2.05) is 0 Å². The van der Waals surface area contributed by atoms with Crippen LogP contribution in [0.15, 0.2) is 0 Å². The van der Waals surface area contributed by atoms with Crippen molar-refractivity contribution in [3.8, 4) is 0 Å². The van der Waals surface area contributed by atoms with E-state index >= 15 is 0 Å². The molecule has 1 atom stereocenters. The van der Waals surface area contributed by atoms with E-state index in [1.54, 1.807) is 0 Å². The first kappa shape index (κ1) is 17.5. The molecular formula is C21H36N4. The van der Waals surface area contributed by atoms with Crippen LogP contribution in [-0.4, -0.2) is 52.3 Å². The Balaban J connectivity index is 1.38.